The van der Waals surface area contributed by atoms with Gasteiger partial charge in [-0.25, -0.2) is 0 Å². The summed E-state index contributed by atoms with van der Waals surface area (Å²) in [5.41, 5.74) is 1.01. The molecule has 2 N–H and O–H groups in total. The summed E-state index contributed by atoms with van der Waals surface area (Å²) in [7, 11) is 0. The Morgan fingerprint density at radius 2 is 1.94 bits per heavy atom. The molecule has 0 aromatic heterocycles. The summed E-state index contributed by atoms with van der Waals surface area (Å²) in [6.45, 7) is 1.89. The molecule has 0 bridgehead atoms. The zero-order chi connectivity index (χ0) is 13.5. The number of amides is 1. The van der Waals surface area contributed by atoms with E-state index < -0.39 is 5.97 Å². The van der Waals surface area contributed by atoms with Crippen molar-refractivity contribution in [3.63, 3.8) is 0 Å². The van der Waals surface area contributed by atoms with Gasteiger partial charge in [0.15, 0.2) is 0 Å². The van der Waals surface area contributed by atoms with Crippen molar-refractivity contribution < 1.29 is 14.7 Å². The molecule has 0 aliphatic carbocycles. The van der Waals surface area contributed by atoms with Gasteiger partial charge in [-0.05, 0) is 24.6 Å². The van der Waals surface area contributed by atoms with E-state index in [2.05, 4.69) is 21.2 Å². The first kappa shape index (κ1) is 15.0. The number of aliphatic carboxylic acids is 1. The topological polar surface area (TPSA) is 66.4 Å². The molecule has 0 spiro atoms. The largest absolute Gasteiger partial charge is 0.481 e. The van der Waals surface area contributed by atoms with Gasteiger partial charge in [-0.15, -0.1) is 11.8 Å². The maximum Gasteiger partial charge on any atom is 0.313 e. The normalized spacial score (nSPS) is 11.9. The van der Waals surface area contributed by atoms with Gasteiger partial charge in [-0.3, -0.25) is 9.59 Å². The Hall–Kier alpha value is -1.01. The standard InChI is InChI=1S/C12H14BrNO3S/c1-8(9-2-4-10(13)5-3-9)14-11(15)6-18-7-12(16)17/h2-5,8H,6-7H2,1H3,(H,14,15)(H,16,17)/t8-/m0/s1. The van der Waals surface area contributed by atoms with Gasteiger partial charge in [-0.1, -0.05) is 28.1 Å². The fraction of sp³-hybridized carbons (Fsp3) is 0.333. The number of carbonyl (C=O) groups is 2. The van der Waals surface area contributed by atoms with Crippen LogP contribution in [0.2, 0.25) is 0 Å². The molecule has 1 atom stereocenters. The second-order valence-corrected chi connectivity index (χ2v) is 5.63. The van der Waals surface area contributed by atoms with Crippen LogP contribution in [-0.2, 0) is 9.59 Å². The third kappa shape index (κ3) is 5.55. The SMILES string of the molecule is C[C@H](NC(=O)CSCC(=O)O)c1ccc(Br)cc1. The molecule has 1 amide bonds. The van der Waals surface area contributed by atoms with Gasteiger partial charge >= 0.3 is 5.97 Å². The van der Waals surface area contributed by atoms with Crippen LogP contribution in [0.1, 0.15) is 18.5 Å². The Kier molecular flexibility index (Phi) is 6.21. The van der Waals surface area contributed by atoms with Gasteiger partial charge in [-0.2, -0.15) is 0 Å². The molecule has 1 aromatic rings. The number of thioether (sulfide) groups is 1. The minimum atomic E-state index is -0.909. The lowest BCUT2D eigenvalue weighted by Gasteiger charge is -2.14. The first-order chi connectivity index (χ1) is 8.49. The number of hydrogen-bond donors (Lipinski definition) is 2. The highest BCUT2D eigenvalue weighted by Crippen LogP contribution is 2.16. The molecule has 6 heteroatoms. The molecule has 4 nitrogen and oxygen atoms in total. The molecule has 0 unspecified atom stereocenters. The van der Waals surface area contributed by atoms with Gasteiger partial charge in [0.1, 0.15) is 0 Å². The first-order valence-corrected chi connectivity index (χ1v) is 7.28. The fourth-order valence-corrected chi connectivity index (χ4v) is 2.16. The highest BCUT2D eigenvalue weighted by atomic mass is 79.9. The molecule has 0 heterocycles. The Labute approximate surface area is 118 Å². The lowest BCUT2D eigenvalue weighted by Crippen LogP contribution is -2.28. The van der Waals surface area contributed by atoms with Gasteiger partial charge in [0.25, 0.3) is 0 Å². The Morgan fingerprint density at radius 3 is 2.50 bits per heavy atom. The molecule has 0 aliphatic rings. The number of benzene rings is 1. The summed E-state index contributed by atoms with van der Waals surface area (Å²) in [6, 6.07) is 7.60. The number of carboxylic acids is 1. The minimum absolute atomic E-state index is 0.0555. The summed E-state index contributed by atoms with van der Waals surface area (Å²) < 4.78 is 0.988. The van der Waals surface area contributed by atoms with Crippen LogP contribution < -0.4 is 5.32 Å². The predicted octanol–water partition coefficient (Wildman–Crippen LogP) is 2.44. The van der Waals surface area contributed by atoms with E-state index in [-0.39, 0.29) is 23.5 Å². The van der Waals surface area contributed by atoms with Crippen LogP contribution in [0, 0.1) is 0 Å². The zero-order valence-corrected chi connectivity index (χ0v) is 12.3. The molecule has 0 aliphatic heterocycles. The number of hydrogen-bond acceptors (Lipinski definition) is 3. The molecule has 18 heavy (non-hydrogen) atoms. The van der Waals surface area contributed by atoms with Gasteiger partial charge in [0, 0.05) is 4.47 Å². The molecule has 0 fully saturated rings. The van der Waals surface area contributed by atoms with E-state index in [1.165, 1.54) is 0 Å². The maximum absolute atomic E-state index is 11.5. The fourth-order valence-electron chi connectivity index (χ4n) is 1.35. The van der Waals surface area contributed by atoms with Crippen molar-refractivity contribution in [1.82, 2.24) is 5.32 Å². The smallest absolute Gasteiger partial charge is 0.313 e. The van der Waals surface area contributed by atoms with Crippen LogP contribution in [0.3, 0.4) is 0 Å². The highest BCUT2D eigenvalue weighted by Gasteiger charge is 2.10. The Morgan fingerprint density at radius 1 is 1.33 bits per heavy atom. The second kappa shape index (κ2) is 7.43. The first-order valence-electron chi connectivity index (χ1n) is 5.33. The summed E-state index contributed by atoms with van der Waals surface area (Å²) in [6.07, 6.45) is 0. The van der Waals surface area contributed by atoms with Crippen LogP contribution in [0.4, 0.5) is 0 Å². The number of rotatable bonds is 6. The van der Waals surface area contributed by atoms with Crippen molar-refractivity contribution in [2.45, 2.75) is 13.0 Å². The third-order valence-corrected chi connectivity index (χ3v) is 3.65. The number of nitrogens with one attached hydrogen (secondary N) is 1. The van der Waals surface area contributed by atoms with Gasteiger partial charge < -0.3 is 10.4 Å². The average Bonchev–Trinajstić information content (AvgIpc) is 2.29. The lowest BCUT2D eigenvalue weighted by molar-refractivity contribution is -0.133. The van der Waals surface area contributed by atoms with Gasteiger partial charge in [0.05, 0.1) is 17.5 Å². The Bertz CT molecular complexity index is 422. The van der Waals surface area contributed by atoms with Crippen molar-refractivity contribution in [2.75, 3.05) is 11.5 Å². The van der Waals surface area contributed by atoms with E-state index in [1.807, 2.05) is 31.2 Å². The van der Waals surface area contributed by atoms with Crippen molar-refractivity contribution in [1.29, 1.82) is 0 Å². The van der Waals surface area contributed by atoms with E-state index in [0.717, 1.165) is 21.8 Å². The molecular formula is C12H14BrNO3S. The quantitative estimate of drug-likeness (QED) is 0.840. The van der Waals surface area contributed by atoms with E-state index in [1.54, 1.807) is 0 Å². The molecule has 0 radical (unpaired) electrons. The minimum Gasteiger partial charge on any atom is -0.481 e. The molecule has 98 valence electrons. The number of halogens is 1. The van der Waals surface area contributed by atoms with Crippen molar-refractivity contribution in [3.05, 3.63) is 34.3 Å². The lowest BCUT2D eigenvalue weighted by atomic mass is 10.1. The zero-order valence-electron chi connectivity index (χ0n) is 9.85. The summed E-state index contributed by atoms with van der Waals surface area (Å²) >= 11 is 4.44. The molecule has 0 saturated heterocycles. The molecule has 0 saturated carbocycles. The van der Waals surface area contributed by atoms with Crippen molar-refractivity contribution >= 4 is 39.6 Å². The average molecular weight is 332 g/mol. The van der Waals surface area contributed by atoms with E-state index in [9.17, 15) is 9.59 Å². The highest BCUT2D eigenvalue weighted by molar-refractivity contribution is 9.10. The third-order valence-electron chi connectivity index (χ3n) is 2.21. The van der Waals surface area contributed by atoms with Crippen LogP contribution >= 0.6 is 27.7 Å². The summed E-state index contributed by atoms with van der Waals surface area (Å²) in [5, 5.41) is 11.3. The van der Waals surface area contributed by atoms with Crippen LogP contribution in [-0.4, -0.2) is 28.5 Å². The van der Waals surface area contributed by atoms with Crippen molar-refractivity contribution in [2.24, 2.45) is 0 Å². The van der Waals surface area contributed by atoms with Gasteiger partial charge in [0.2, 0.25) is 5.91 Å². The number of carbonyl (C=O) groups excluding carboxylic acids is 1. The van der Waals surface area contributed by atoms with E-state index >= 15 is 0 Å². The predicted molar refractivity (Wildman–Crippen MR) is 75.7 cm³/mol. The van der Waals surface area contributed by atoms with Crippen molar-refractivity contribution in [3.8, 4) is 0 Å². The number of carboxylic acid groups (broad SMARTS) is 1. The van der Waals surface area contributed by atoms with E-state index in [0.29, 0.717) is 0 Å². The van der Waals surface area contributed by atoms with Crippen LogP contribution in [0.5, 0.6) is 0 Å². The molecule has 1 rings (SSSR count). The Balaban J connectivity index is 2.39. The second-order valence-electron chi connectivity index (χ2n) is 3.73. The van der Waals surface area contributed by atoms with Crippen LogP contribution in [0.25, 0.3) is 0 Å². The molecule has 1 aromatic carbocycles. The monoisotopic (exact) mass is 331 g/mol. The maximum atomic E-state index is 11.5. The van der Waals surface area contributed by atoms with Crippen LogP contribution in [0.15, 0.2) is 28.7 Å². The summed E-state index contributed by atoms with van der Waals surface area (Å²) in [5.74, 6) is -0.960. The van der Waals surface area contributed by atoms with E-state index in [4.69, 9.17) is 5.11 Å². The molecular weight excluding hydrogens is 318 g/mol. The summed E-state index contributed by atoms with van der Waals surface area (Å²) in [4.78, 5) is 21.8.